The molecule has 106 valence electrons. The Hall–Kier alpha value is -0.120. The SMILES string of the molecule is CC(C)CNCCCC(C)N1CC2CCC(C1)O2. The fourth-order valence-electron chi connectivity index (χ4n) is 3.10. The first-order valence-electron chi connectivity index (χ1n) is 7.75. The smallest absolute Gasteiger partial charge is 0.0707 e. The molecule has 2 aliphatic heterocycles. The molecule has 2 bridgehead atoms. The molecule has 2 heterocycles. The van der Waals surface area contributed by atoms with Gasteiger partial charge in [-0.2, -0.15) is 0 Å². The highest BCUT2D eigenvalue weighted by Gasteiger charge is 2.35. The van der Waals surface area contributed by atoms with Crippen LogP contribution < -0.4 is 5.32 Å². The summed E-state index contributed by atoms with van der Waals surface area (Å²) in [5.74, 6) is 0.761. The zero-order valence-corrected chi connectivity index (χ0v) is 12.3. The molecule has 3 nitrogen and oxygen atoms in total. The number of nitrogens with zero attached hydrogens (tertiary/aromatic N) is 1. The number of hydrogen-bond acceptors (Lipinski definition) is 3. The van der Waals surface area contributed by atoms with Crippen molar-refractivity contribution in [3.63, 3.8) is 0 Å². The first-order chi connectivity index (χ1) is 8.65. The predicted octanol–water partition coefficient (Wildman–Crippen LogP) is 2.26. The van der Waals surface area contributed by atoms with Crippen LogP contribution in [0.4, 0.5) is 0 Å². The van der Waals surface area contributed by atoms with Gasteiger partial charge in [0.1, 0.15) is 0 Å². The zero-order chi connectivity index (χ0) is 13.0. The number of nitrogens with one attached hydrogen (secondary N) is 1. The van der Waals surface area contributed by atoms with Crippen LogP contribution in [0, 0.1) is 5.92 Å². The van der Waals surface area contributed by atoms with Crippen LogP contribution in [-0.4, -0.2) is 49.3 Å². The second-order valence-electron chi connectivity index (χ2n) is 6.50. The molecule has 2 fully saturated rings. The Balaban J connectivity index is 1.58. The maximum Gasteiger partial charge on any atom is 0.0707 e. The lowest BCUT2D eigenvalue weighted by Crippen LogP contribution is -2.47. The minimum absolute atomic E-state index is 0.533. The van der Waals surface area contributed by atoms with Gasteiger partial charge >= 0.3 is 0 Å². The van der Waals surface area contributed by atoms with E-state index in [0.29, 0.717) is 12.2 Å². The Labute approximate surface area is 112 Å². The van der Waals surface area contributed by atoms with E-state index in [0.717, 1.165) is 31.6 Å². The van der Waals surface area contributed by atoms with E-state index in [1.165, 1.54) is 32.2 Å². The molecule has 0 spiro atoms. The topological polar surface area (TPSA) is 24.5 Å². The van der Waals surface area contributed by atoms with Crippen LogP contribution in [0.5, 0.6) is 0 Å². The van der Waals surface area contributed by atoms with E-state index < -0.39 is 0 Å². The van der Waals surface area contributed by atoms with Crippen molar-refractivity contribution in [1.82, 2.24) is 10.2 Å². The molecule has 0 aliphatic carbocycles. The van der Waals surface area contributed by atoms with Crippen LogP contribution in [0.2, 0.25) is 0 Å². The van der Waals surface area contributed by atoms with Gasteiger partial charge in [-0.1, -0.05) is 13.8 Å². The quantitative estimate of drug-likeness (QED) is 0.705. The second kappa shape index (κ2) is 6.88. The van der Waals surface area contributed by atoms with E-state index in [9.17, 15) is 0 Å². The lowest BCUT2D eigenvalue weighted by Gasteiger charge is -2.36. The summed E-state index contributed by atoms with van der Waals surface area (Å²) < 4.78 is 5.89. The summed E-state index contributed by atoms with van der Waals surface area (Å²) in [6.07, 6.45) is 6.23. The standard InChI is InChI=1S/C15H30N2O/c1-12(2)9-16-8-4-5-13(3)17-10-14-6-7-15(11-17)18-14/h12-16H,4-11H2,1-3H3. The Morgan fingerprint density at radius 2 is 1.83 bits per heavy atom. The molecule has 18 heavy (non-hydrogen) atoms. The van der Waals surface area contributed by atoms with Crippen molar-refractivity contribution < 1.29 is 4.74 Å². The third kappa shape index (κ3) is 4.22. The molecule has 0 aromatic carbocycles. The van der Waals surface area contributed by atoms with Gasteiger partial charge in [-0.25, -0.2) is 0 Å². The number of morpholine rings is 1. The minimum Gasteiger partial charge on any atom is -0.372 e. The largest absolute Gasteiger partial charge is 0.372 e. The van der Waals surface area contributed by atoms with E-state index in [2.05, 4.69) is 31.0 Å². The van der Waals surface area contributed by atoms with Crippen molar-refractivity contribution in [3.05, 3.63) is 0 Å². The first-order valence-corrected chi connectivity index (χ1v) is 7.75. The number of fused-ring (bicyclic) bond motifs is 2. The molecule has 0 aromatic rings. The van der Waals surface area contributed by atoms with Crippen LogP contribution in [0.3, 0.4) is 0 Å². The maximum atomic E-state index is 5.89. The monoisotopic (exact) mass is 254 g/mol. The molecular weight excluding hydrogens is 224 g/mol. The van der Waals surface area contributed by atoms with Crippen molar-refractivity contribution in [2.45, 2.75) is 64.7 Å². The highest BCUT2D eigenvalue weighted by atomic mass is 16.5. The van der Waals surface area contributed by atoms with Gasteiger partial charge in [-0.05, 0) is 51.6 Å². The van der Waals surface area contributed by atoms with Crippen molar-refractivity contribution in [3.8, 4) is 0 Å². The summed E-state index contributed by atoms with van der Waals surface area (Å²) in [5, 5.41) is 3.53. The molecule has 0 saturated carbocycles. The summed E-state index contributed by atoms with van der Waals surface area (Å²) >= 11 is 0. The molecule has 3 atom stereocenters. The number of rotatable bonds is 7. The molecule has 1 N–H and O–H groups in total. The minimum atomic E-state index is 0.533. The predicted molar refractivity (Wildman–Crippen MR) is 75.9 cm³/mol. The Kier molecular flexibility index (Phi) is 5.46. The van der Waals surface area contributed by atoms with E-state index in [1.54, 1.807) is 0 Å². The van der Waals surface area contributed by atoms with Crippen molar-refractivity contribution in [1.29, 1.82) is 0 Å². The number of hydrogen-bond donors (Lipinski definition) is 1. The Morgan fingerprint density at radius 1 is 1.17 bits per heavy atom. The molecule has 0 radical (unpaired) electrons. The van der Waals surface area contributed by atoms with Crippen LogP contribution in [0.25, 0.3) is 0 Å². The van der Waals surface area contributed by atoms with Crippen molar-refractivity contribution in [2.24, 2.45) is 5.92 Å². The fraction of sp³-hybridized carbons (Fsp3) is 1.00. The van der Waals surface area contributed by atoms with Crippen molar-refractivity contribution in [2.75, 3.05) is 26.2 Å². The molecule has 3 heteroatoms. The van der Waals surface area contributed by atoms with Crippen LogP contribution in [-0.2, 0) is 4.74 Å². The van der Waals surface area contributed by atoms with E-state index in [4.69, 9.17) is 4.74 Å². The second-order valence-corrected chi connectivity index (χ2v) is 6.50. The maximum absolute atomic E-state index is 5.89. The van der Waals surface area contributed by atoms with Gasteiger partial charge < -0.3 is 10.1 Å². The molecule has 2 rings (SSSR count). The average Bonchev–Trinajstić information content (AvgIpc) is 2.67. The van der Waals surface area contributed by atoms with Crippen molar-refractivity contribution >= 4 is 0 Å². The zero-order valence-electron chi connectivity index (χ0n) is 12.3. The normalized spacial score (nSPS) is 30.0. The highest BCUT2D eigenvalue weighted by Crippen LogP contribution is 2.27. The van der Waals surface area contributed by atoms with E-state index >= 15 is 0 Å². The lowest BCUT2D eigenvalue weighted by molar-refractivity contribution is -0.0514. The third-order valence-corrected chi connectivity index (χ3v) is 4.22. The summed E-state index contributed by atoms with van der Waals surface area (Å²) in [6.45, 7) is 11.6. The number of likely N-dealkylation sites (tertiary alicyclic amines) is 1. The van der Waals surface area contributed by atoms with Gasteiger partial charge in [0.05, 0.1) is 12.2 Å². The summed E-state index contributed by atoms with van der Waals surface area (Å²) in [6, 6.07) is 0.720. The summed E-state index contributed by atoms with van der Waals surface area (Å²) in [5.41, 5.74) is 0. The lowest BCUT2D eigenvalue weighted by atomic mass is 10.1. The molecular formula is C15H30N2O. The average molecular weight is 254 g/mol. The van der Waals surface area contributed by atoms with E-state index in [-0.39, 0.29) is 0 Å². The van der Waals surface area contributed by atoms with Crippen LogP contribution in [0.1, 0.15) is 46.5 Å². The number of ether oxygens (including phenoxy) is 1. The Bertz CT molecular complexity index is 233. The van der Waals surface area contributed by atoms with Gasteiger partial charge in [0.2, 0.25) is 0 Å². The molecule has 2 saturated heterocycles. The van der Waals surface area contributed by atoms with Gasteiger partial charge in [0, 0.05) is 19.1 Å². The van der Waals surface area contributed by atoms with Crippen LogP contribution in [0.15, 0.2) is 0 Å². The molecule has 0 aromatic heterocycles. The van der Waals surface area contributed by atoms with E-state index in [1.807, 2.05) is 0 Å². The van der Waals surface area contributed by atoms with Gasteiger partial charge in [0.25, 0.3) is 0 Å². The van der Waals surface area contributed by atoms with Gasteiger partial charge in [-0.3, -0.25) is 4.90 Å². The third-order valence-electron chi connectivity index (χ3n) is 4.22. The van der Waals surface area contributed by atoms with Gasteiger partial charge in [-0.15, -0.1) is 0 Å². The molecule has 3 unspecified atom stereocenters. The van der Waals surface area contributed by atoms with Gasteiger partial charge in [0.15, 0.2) is 0 Å². The Morgan fingerprint density at radius 3 is 2.44 bits per heavy atom. The molecule has 2 aliphatic rings. The summed E-state index contributed by atoms with van der Waals surface area (Å²) in [7, 11) is 0. The molecule has 0 amide bonds. The van der Waals surface area contributed by atoms with Crippen LogP contribution >= 0.6 is 0 Å². The fourth-order valence-corrected chi connectivity index (χ4v) is 3.10. The first kappa shape index (κ1) is 14.3. The highest BCUT2D eigenvalue weighted by molar-refractivity contribution is 4.86. The summed E-state index contributed by atoms with van der Waals surface area (Å²) in [4.78, 5) is 2.65.